The Morgan fingerprint density at radius 1 is 1.03 bits per heavy atom. The van der Waals surface area contributed by atoms with E-state index in [4.69, 9.17) is 25.2 Å². The van der Waals surface area contributed by atoms with E-state index in [1.54, 1.807) is 14.2 Å². The van der Waals surface area contributed by atoms with Crippen LogP contribution >= 0.6 is 0 Å². The van der Waals surface area contributed by atoms with Crippen LogP contribution in [0, 0.1) is 24.2 Å². The summed E-state index contributed by atoms with van der Waals surface area (Å²) in [5, 5.41) is 9.53. The van der Waals surface area contributed by atoms with Gasteiger partial charge in [0, 0.05) is 25.7 Å². The second-order valence-corrected chi connectivity index (χ2v) is 9.12. The van der Waals surface area contributed by atoms with Crippen molar-refractivity contribution < 1.29 is 9.47 Å². The molecule has 33 heavy (non-hydrogen) atoms. The predicted octanol–water partition coefficient (Wildman–Crippen LogP) is 4.87. The van der Waals surface area contributed by atoms with Crippen LogP contribution in [0.4, 0.5) is 0 Å². The molecule has 0 bridgehead atoms. The van der Waals surface area contributed by atoms with E-state index in [2.05, 4.69) is 37.3 Å². The second kappa shape index (κ2) is 9.46. The number of nitrogens with two attached hydrogens (primary N) is 1. The molecule has 2 aliphatic rings. The van der Waals surface area contributed by atoms with Crippen LogP contribution in [0.1, 0.15) is 54.9 Å². The van der Waals surface area contributed by atoms with Gasteiger partial charge in [-0.05, 0) is 86.1 Å². The molecule has 1 unspecified atom stereocenters. The molecule has 2 aromatic rings. The van der Waals surface area contributed by atoms with Gasteiger partial charge in [-0.3, -0.25) is 4.99 Å². The molecule has 1 heterocycles. The SMILES string of the molecule is COCc1cc(C#N)cc(-c2ccc(C)c(C3(C4CCC(OC)CC4)N=C(C)C(N)=N3)c2)c1. The van der Waals surface area contributed by atoms with Crippen LogP contribution in [0.5, 0.6) is 0 Å². The highest BCUT2D eigenvalue weighted by molar-refractivity contribution is 6.41. The van der Waals surface area contributed by atoms with Crippen molar-refractivity contribution in [1.82, 2.24) is 0 Å². The Morgan fingerprint density at radius 3 is 2.39 bits per heavy atom. The average molecular weight is 445 g/mol. The first kappa shape index (κ1) is 23.2. The second-order valence-electron chi connectivity index (χ2n) is 9.12. The molecule has 1 aliphatic heterocycles. The lowest BCUT2D eigenvalue weighted by Gasteiger charge is -2.38. The van der Waals surface area contributed by atoms with Gasteiger partial charge in [-0.15, -0.1) is 0 Å². The molecule has 0 aromatic heterocycles. The molecule has 1 fully saturated rings. The summed E-state index contributed by atoms with van der Waals surface area (Å²) in [6.07, 6.45) is 4.26. The minimum atomic E-state index is -0.713. The number of amidine groups is 1. The van der Waals surface area contributed by atoms with Crippen molar-refractivity contribution in [2.45, 2.75) is 57.9 Å². The van der Waals surface area contributed by atoms with Crippen molar-refractivity contribution >= 4 is 11.5 Å². The van der Waals surface area contributed by atoms with Crippen molar-refractivity contribution in [2.24, 2.45) is 21.6 Å². The zero-order valence-electron chi connectivity index (χ0n) is 19.9. The van der Waals surface area contributed by atoms with Crippen LogP contribution in [0.3, 0.4) is 0 Å². The third kappa shape index (κ3) is 4.44. The van der Waals surface area contributed by atoms with Gasteiger partial charge in [-0.1, -0.05) is 12.1 Å². The number of hydrogen-bond donors (Lipinski definition) is 1. The lowest BCUT2D eigenvalue weighted by Crippen LogP contribution is -2.36. The highest BCUT2D eigenvalue weighted by Crippen LogP contribution is 2.47. The number of methoxy groups -OCH3 is 2. The lowest BCUT2D eigenvalue weighted by molar-refractivity contribution is 0.0426. The van der Waals surface area contributed by atoms with E-state index in [0.717, 1.165) is 59.2 Å². The van der Waals surface area contributed by atoms with Gasteiger partial charge in [0.1, 0.15) is 5.84 Å². The quantitative estimate of drug-likeness (QED) is 0.688. The molecule has 2 aromatic carbocycles. The van der Waals surface area contributed by atoms with Gasteiger partial charge in [0.25, 0.3) is 0 Å². The van der Waals surface area contributed by atoms with Crippen LogP contribution in [0.25, 0.3) is 11.1 Å². The highest BCUT2D eigenvalue weighted by atomic mass is 16.5. The molecular formula is C27H32N4O2. The number of hydrogen-bond acceptors (Lipinski definition) is 6. The number of nitriles is 1. The smallest absolute Gasteiger partial charge is 0.181 e. The van der Waals surface area contributed by atoms with Crippen LogP contribution in [0.15, 0.2) is 46.4 Å². The minimum absolute atomic E-state index is 0.253. The number of nitrogens with zero attached hydrogens (tertiary/aromatic N) is 3. The first-order valence-corrected chi connectivity index (χ1v) is 11.5. The Balaban J connectivity index is 1.82. The van der Waals surface area contributed by atoms with E-state index in [9.17, 15) is 5.26 Å². The molecule has 0 radical (unpaired) electrons. The van der Waals surface area contributed by atoms with E-state index in [0.29, 0.717) is 24.1 Å². The summed E-state index contributed by atoms with van der Waals surface area (Å²) in [6.45, 7) is 4.50. The Hall–Kier alpha value is -3.01. The molecule has 172 valence electrons. The molecule has 1 aliphatic carbocycles. The van der Waals surface area contributed by atoms with Crippen molar-refractivity contribution in [3.05, 3.63) is 58.7 Å². The molecule has 1 atom stereocenters. The zero-order chi connectivity index (χ0) is 23.6. The van der Waals surface area contributed by atoms with E-state index >= 15 is 0 Å². The first-order chi connectivity index (χ1) is 15.9. The van der Waals surface area contributed by atoms with E-state index < -0.39 is 5.66 Å². The van der Waals surface area contributed by atoms with Gasteiger partial charge in [0.15, 0.2) is 5.66 Å². The fourth-order valence-electron chi connectivity index (χ4n) is 5.20. The molecule has 4 rings (SSSR count). The Labute approximate surface area is 196 Å². The molecule has 6 nitrogen and oxygen atoms in total. The summed E-state index contributed by atoms with van der Waals surface area (Å²) in [6, 6.07) is 14.5. The van der Waals surface area contributed by atoms with Crippen LogP contribution in [0.2, 0.25) is 0 Å². The van der Waals surface area contributed by atoms with Crippen molar-refractivity contribution in [3.63, 3.8) is 0 Å². The summed E-state index contributed by atoms with van der Waals surface area (Å²) in [5.74, 6) is 0.769. The zero-order valence-corrected chi connectivity index (χ0v) is 19.9. The third-order valence-corrected chi connectivity index (χ3v) is 6.98. The molecule has 2 N–H and O–H groups in total. The number of ether oxygens (including phenoxy) is 2. The van der Waals surface area contributed by atoms with E-state index in [1.807, 2.05) is 19.1 Å². The summed E-state index contributed by atoms with van der Waals surface area (Å²) < 4.78 is 10.9. The standard InChI is InChI=1S/C27H32N4O2/c1-17-5-6-21(22-12-19(15-28)11-20(13-22)16-32-3)14-25(17)27(30-18(2)26(29)31-27)23-7-9-24(33-4)10-8-23/h5-6,11-14,23-24H,7-10,16H2,1-4H3,(H2,29,31). The number of aryl methyl sites for hydroxylation is 1. The van der Waals surface area contributed by atoms with Gasteiger partial charge >= 0.3 is 0 Å². The number of benzene rings is 2. The Kier molecular flexibility index (Phi) is 6.64. The van der Waals surface area contributed by atoms with Gasteiger partial charge in [-0.25, -0.2) is 4.99 Å². The predicted molar refractivity (Wildman–Crippen MR) is 131 cm³/mol. The van der Waals surface area contributed by atoms with Gasteiger partial charge < -0.3 is 15.2 Å². The first-order valence-electron chi connectivity index (χ1n) is 11.5. The number of rotatable bonds is 6. The molecule has 0 amide bonds. The maximum absolute atomic E-state index is 9.53. The Morgan fingerprint density at radius 2 is 1.79 bits per heavy atom. The van der Waals surface area contributed by atoms with Crippen LogP contribution in [-0.4, -0.2) is 31.9 Å². The number of aliphatic imine (C=N–C) groups is 2. The third-order valence-electron chi connectivity index (χ3n) is 6.98. The molecule has 1 saturated carbocycles. The largest absolute Gasteiger partial charge is 0.382 e. The summed E-state index contributed by atoms with van der Waals surface area (Å²) >= 11 is 0. The maximum atomic E-state index is 9.53. The lowest BCUT2D eigenvalue weighted by atomic mass is 9.74. The fraction of sp³-hybridized carbons (Fsp3) is 0.444. The van der Waals surface area contributed by atoms with Crippen molar-refractivity contribution in [3.8, 4) is 17.2 Å². The Bertz CT molecular complexity index is 1120. The molecule has 0 saturated heterocycles. The van der Waals surface area contributed by atoms with Crippen molar-refractivity contribution in [2.75, 3.05) is 14.2 Å². The topological polar surface area (TPSA) is 93.0 Å². The van der Waals surface area contributed by atoms with Gasteiger partial charge in [0.2, 0.25) is 0 Å². The molecule has 0 spiro atoms. The average Bonchev–Trinajstić information content (AvgIpc) is 3.14. The van der Waals surface area contributed by atoms with E-state index in [-0.39, 0.29) is 5.92 Å². The van der Waals surface area contributed by atoms with Gasteiger partial charge in [-0.2, -0.15) is 5.26 Å². The van der Waals surface area contributed by atoms with Gasteiger partial charge in [0.05, 0.1) is 30.1 Å². The van der Waals surface area contributed by atoms with Crippen LogP contribution in [-0.2, 0) is 21.7 Å². The monoisotopic (exact) mass is 444 g/mol. The normalized spacial score (nSPS) is 24.8. The summed E-state index contributed by atoms with van der Waals surface area (Å²) in [4.78, 5) is 10.1. The summed E-state index contributed by atoms with van der Waals surface area (Å²) in [5.41, 5.74) is 12.2. The van der Waals surface area contributed by atoms with Crippen LogP contribution < -0.4 is 5.73 Å². The molecule has 6 heteroatoms. The fourth-order valence-corrected chi connectivity index (χ4v) is 5.20. The summed E-state index contributed by atoms with van der Waals surface area (Å²) in [7, 11) is 3.45. The molecular weight excluding hydrogens is 412 g/mol. The highest BCUT2D eigenvalue weighted by Gasteiger charge is 2.46. The van der Waals surface area contributed by atoms with E-state index in [1.165, 1.54) is 0 Å². The minimum Gasteiger partial charge on any atom is -0.382 e. The van der Waals surface area contributed by atoms with Crippen molar-refractivity contribution in [1.29, 1.82) is 5.26 Å². The maximum Gasteiger partial charge on any atom is 0.181 e.